The lowest BCUT2D eigenvalue weighted by Gasteiger charge is -2.06. The number of nitrogens with zero attached hydrogens (tertiary/aromatic N) is 1. The van der Waals surface area contributed by atoms with Crippen molar-refractivity contribution in [3.63, 3.8) is 0 Å². The number of hydrogen-bond donors (Lipinski definition) is 0. The number of aromatic nitrogens is 1. The second-order valence-corrected chi connectivity index (χ2v) is 4.02. The van der Waals surface area contributed by atoms with E-state index in [2.05, 4.69) is 20.9 Å². The van der Waals surface area contributed by atoms with E-state index >= 15 is 0 Å². The van der Waals surface area contributed by atoms with Crippen LogP contribution in [0.2, 0.25) is 5.15 Å². The molecule has 0 fully saturated rings. The minimum Gasteiger partial charge on any atom is -0.496 e. The Bertz CT molecular complexity index is 487. The number of hydrogen-bond acceptors (Lipinski definition) is 2. The predicted molar refractivity (Wildman–Crippen MR) is 61.0 cm³/mol. The maximum absolute atomic E-state index is 5.81. The lowest BCUT2D eigenvalue weighted by molar-refractivity contribution is 0.419. The highest BCUT2D eigenvalue weighted by Crippen LogP contribution is 2.30. The van der Waals surface area contributed by atoms with Gasteiger partial charge in [-0.1, -0.05) is 11.6 Å². The third-order valence-electron chi connectivity index (χ3n) is 1.95. The predicted octanol–water partition coefficient (Wildman–Crippen LogP) is 3.66. The fourth-order valence-electron chi connectivity index (χ4n) is 1.31. The van der Waals surface area contributed by atoms with Crippen LogP contribution in [0.1, 0.15) is 0 Å². The third kappa shape index (κ3) is 1.57. The molecule has 0 amide bonds. The molecule has 0 bridgehead atoms. The Morgan fingerprint density at radius 2 is 2.07 bits per heavy atom. The smallest absolute Gasteiger partial charge is 0.129 e. The van der Waals surface area contributed by atoms with Crippen molar-refractivity contribution in [2.75, 3.05) is 7.11 Å². The molecule has 4 heteroatoms. The lowest BCUT2D eigenvalue weighted by atomic mass is 10.2. The van der Waals surface area contributed by atoms with Crippen LogP contribution >= 0.6 is 27.5 Å². The number of rotatable bonds is 1. The van der Waals surface area contributed by atoms with Crippen LogP contribution in [0.25, 0.3) is 10.9 Å². The van der Waals surface area contributed by atoms with Crippen LogP contribution in [0.3, 0.4) is 0 Å². The maximum Gasteiger partial charge on any atom is 0.129 e. The average Bonchev–Trinajstić information content (AvgIpc) is 2.19. The Kier molecular flexibility index (Phi) is 2.61. The van der Waals surface area contributed by atoms with Crippen LogP contribution in [-0.4, -0.2) is 12.1 Å². The van der Waals surface area contributed by atoms with E-state index in [-0.39, 0.29) is 0 Å². The summed E-state index contributed by atoms with van der Waals surface area (Å²) in [5, 5.41) is 1.43. The first-order chi connectivity index (χ1) is 6.72. The van der Waals surface area contributed by atoms with Gasteiger partial charge < -0.3 is 4.74 Å². The van der Waals surface area contributed by atoms with E-state index in [1.54, 1.807) is 13.2 Å². The first-order valence-corrected chi connectivity index (χ1v) is 5.18. The van der Waals surface area contributed by atoms with Gasteiger partial charge in [0.2, 0.25) is 0 Å². The Balaban J connectivity index is 2.84. The van der Waals surface area contributed by atoms with Gasteiger partial charge in [0.25, 0.3) is 0 Å². The van der Waals surface area contributed by atoms with Crippen LogP contribution in [-0.2, 0) is 0 Å². The molecule has 2 aromatic rings. The normalized spacial score (nSPS) is 10.5. The summed E-state index contributed by atoms with van der Waals surface area (Å²) in [6.07, 6.45) is 0. The van der Waals surface area contributed by atoms with Crippen molar-refractivity contribution in [1.29, 1.82) is 0 Å². The van der Waals surface area contributed by atoms with Gasteiger partial charge in [0.15, 0.2) is 0 Å². The molecule has 1 aromatic heterocycles. The van der Waals surface area contributed by atoms with Gasteiger partial charge in [0.1, 0.15) is 10.9 Å². The lowest BCUT2D eigenvalue weighted by Crippen LogP contribution is -1.87. The van der Waals surface area contributed by atoms with Gasteiger partial charge in [-0.3, -0.25) is 0 Å². The van der Waals surface area contributed by atoms with Crippen LogP contribution in [0.15, 0.2) is 28.7 Å². The molecule has 0 spiro atoms. The van der Waals surface area contributed by atoms with Crippen molar-refractivity contribution in [3.05, 3.63) is 33.9 Å². The molecule has 72 valence electrons. The number of benzene rings is 1. The van der Waals surface area contributed by atoms with Gasteiger partial charge in [-0.2, -0.15) is 0 Å². The first-order valence-electron chi connectivity index (χ1n) is 4.01. The van der Waals surface area contributed by atoms with Crippen LogP contribution in [0.5, 0.6) is 5.75 Å². The second kappa shape index (κ2) is 3.75. The van der Waals surface area contributed by atoms with Crippen molar-refractivity contribution in [3.8, 4) is 5.75 Å². The summed E-state index contributed by atoms with van der Waals surface area (Å²) in [5.41, 5.74) is 0.817. The zero-order valence-corrected chi connectivity index (χ0v) is 9.76. The third-order valence-corrected chi connectivity index (χ3v) is 2.80. The summed E-state index contributed by atoms with van der Waals surface area (Å²) >= 11 is 9.23. The summed E-state index contributed by atoms with van der Waals surface area (Å²) < 4.78 is 6.13. The molecule has 0 aliphatic carbocycles. The molecule has 14 heavy (non-hydrogen) atoms. The van der Waals surface area contributed by atoms with Gasteiger partial charge in [-0.25, -0.2) is 4.98 Å². The van der Waals surface area contributed by atoms with E-state index in [1.165, 1.54) is 0 Å². The highest BCUT2D eigenvalue weighted by Gasteiger charge is 2.06. The van der Waals surface area contributed by atoms with Gasteiger partial charge in [0, 0.05) is 9.86 Å². The largest absolute Gasteiger partial charge is 0.496 e. The SMILES string of the molecule is COc1ccc(Br)c2nc(Cl)ccc12. The van der Waals surface area contributed by atoms with Crippen LogP contribution in [0.4, 0.5) is 0 Å². The molecule has 0 saturated heterocycles. The van der Waals surface area contributed by atoms with E-state index in [9.17, 15) is 0 Å². The van der Waals surface area contributed by atoms with Crippen molar-refractivity contribution in [2.45, 2.75) is 0 Å². The summed E-state index contributed by atoms with van der Waals surface area (Å²) in [6, 6.07) is 7.43. The van der Waals surface area contributed by atoms with E-state index in [0.29, 0.717) is 5.15 Å². The van der Waals surface area contributed by atoms with Gasteiger partial charge in [-0.05, 0) is 40.2 Å². The molecule has 0 unspecified atom stereocenters. The Morgan fingerprint density at radius 3 is 2.79 bits per heavy atom. The minimum atomic E-state index is 0.478. The molecule has 0 aliphatic heterocycles. The molecule has 2 nitrogen and oxygen atoms in total. The molecule has 0 radical (unpaired) electrons. The highest BCUT2D eigenvalue weighted by molar-refractivity contribution is 9.10. The van der Waals surface area contributed by atoms with Gasteiger partial charge >= 0.3 is 0 Å². The maximum atomic E-state index is 5.81. The number of pyridine rings is 1. The van der Waals surface area contributed by atoms with Crippen molar-refractivity contribution < 1.29 is 4.74 Å². The fraction of sp³-hybridized carbons (Fsp3) is 0.100. The summed E-state index contributed by atoms with van der Waals surface area (Å²) in [5.74, 6) is 0.798. The molecule has 1 aromatic carbocycles. The topological polar surface area (TPSA) is 22.1 Å². The number of ether oxygens (including phenoxy) is 1. The summed E-state index contributed by atoms with van der Waals surface area (Å²) in [7, 11) is 1.64. The number of methoxy groups -OCH3 is 1. The molecule has 0 atom stereocenters. The average molecular weight is 273 g/mol. The molecule has 0 aliphatic rings. The van der Waals surface area contributed by atoms with E-state index in [0.717, 1.165) is 21.1 Å². The molecular weight excluding hydrogens is 265 g/mol. The molecule has 2 rings (SSSR count). The summed E-state index contributed by atoms with van der Waals surface area (Å²) in [6.45, 7) is 0. The van der Waals surface area contributed by atoms with Crippen molar-refractivity contribution in [2.24, 2.45) is 0 Å². The van der Waals surface area contributed by atoms with E-state index < -0.39 is 0 Å². The fourth-order valence-corrected chi connectivity index (χ4v) is 1.89. The number of halogens is 2. The molecule has 1 heterocycles. The Morgan fingerprint density at radius 1 is 1.29 bits per heavy atom. The Labute approximate surface area is 95.0 Å². The van der Waals surface area contributed by atoms with Gasteiger partial charge in [0.05, 0.1) is 12.6 Å². The van der Waals surface area contributed by atoms with Gasteiger partial charge in [-0.15, -0.1) is 0 Å². The number of fused-ring (bicyclic) bond motifs is 1. The minimum absolute atomic E-state index is 0.478. The second-order valence-electron chi connectivity index (χ2n) is 2.78. The van der Waals surface area contributed by atoms with Crippen molar-refractivity contribution >= 4 is 38.4 Å². The monoisotopic (exact) mass is 271 g/mol. The van der Waals surface area contributed by atoms with E-state index in [1.807, 2.05) is 18.2 Å². The quantitative estimate of drug-likeness (QED) is 0.739. The zero-order chi connectivity index (χ0) is 10.1. The Hall–Kier alpha value is -0.800. The summed E-state index contributed by atoms with van der Waals surface area (Å²) in [4.78, 5) is 4.22. The molecule has 0 N–H and O–H groups in total. The molecule has 0 saturated carbocycles. The van der Waals surface area contributed by atoms with Crippen LogP contribution < -0.4 is 4.74 Å². The first kappa shape index (κ1) is 9.74. The highest BCUT2D eigenvalue weighted by atomic mass is 79.9. The van der Waals surface area contributed by atoms with Crippen LogP contribution in [0, 0.1) is 0 Å². The standard InChI is InChI=1S/C10H7BrClNO/c1-14-8-4-3-7(11)10-6(8)2-5-9(12)13-10/h2-5H,1H3. The van der Waals surface area contributed by atoms with Crippen molar-refractivity contribution in [1.82, 2.24) is 4.98 Å². The zero-order valence-electron chi connectivity index (χ0n) is 7.42. The van der Waals surface area contributed by atoms with E-state index in [4.69, 9.17) is 16.3 Å². The molecular formula is C10H7BrClNO.